The third-order valence-electron chi connectivity index (χ3n) is 7.28. The maximum Gasteiger partial charge on any atom is 0.243 e. The van der Waals surface area contributed by atoms with Gasteiger partial charge >= 0.3 is 0 Å². The number of nitrogens with one attached hydrogen (secondary N) is 2. The number of hydrogen-bond acceptors (Lipinski definition) is 5. The molecule has 2 aliphatic heterocycles. The first-order chi connectivity index (χ1) is 17.9. The molecule has 0 aliphatic carbocycles. The van der Waals surface area contributed by atoms with Crippen molar-refractivity contribution in [3.8, 4) is 0 Å². The standard InChI is InChI=1S/C28H38N4O4S/c33-27-15-21-32(37(35,36)26-11-2-1-3-12-26)19-6-10-24(13-17-29-27)28(34)30-16-7-18-31-20-14-23-8-4-5-9-25(23)22-31/h1-5,8-9,11-12,24H,6-7,10,13-22H2,(H,29,33)(H,30,34). The molecule has 2 amide bonds. The van der Waals surface area contributed by atoms with Crippen LogP contribution in [0.25, 0.3) is 0 Å². The van der Waals surface area contributed by atoms with E-state index in [1.54, 1.807) is 30.3 Å². The van der Waals surface area contributed by atoms with Crippen LogP contribution in [0.2, 0.25) is 0 Å². The molecule has 0 saturated carbocycles. The van der Waals surface area contributed by atoms with E-state index in [4.69, 9.17) is 0 Å². The van der Waals surface area contributed by atoms with Gasteiger partial charge in [-0.15, -0.1) is 0 Å². The van der Waals surface area contributed by atoms with Crippen molar-refractivity contribution in [2.45, 2.75) is 50.0 Å². The van der Waals surface area contributed by atoms with E-state index in [1.165, 1.54) is 15.4 Å². The van der Waals surface area contributed by atoms with Gasteiger partial charge in [0.15, 0.2) is 0 Å². The second-order valence-corrected chi connectivity index (χ2v) is 11.8. The first-order valence-electron chi connectivity index (χ1n) is 13.3. The van der Waals surface area contributed by atoms with Crippen molar-refractivity contribution >= 4 is 21.8 Å². The summed E-state index contributed by atoms with van der Waals surface area (Å²) < 4.78 is 27.7. The van der Waals surface area contributed by atoms with Gasteiger partial charge in [0, 0.05) is 58.2 Å². The third kappa shape index (κ3) is 7.63. The van der Waals surface area contributed by atoms with Gasteiger partial charge in [0.25, 0.3) is 0 Å². The van der Waals surface area contributed by atoms with E-state index in [9.17, 15) is 18.0 Å². The van der Waals surface area contributed by atoms with Crippen LogP contribution in [0.1, 0.15) is 43.2 Å². The fourth-order valence-electron chi connectivity index (χ4n) is 5.12. The molecule has 2 heterocycles. The lowest BCUT2D eigenvalue weighted by molar-refractivity contribution is -0.126. The molecule has 2 aliphatic rings. The van der Waals surface area contributed by atoms with Gasteiger partial charge in [0.1, 0.15) is 0 Å². The zero-order chi connectivity index (χ0) is 26.1. The molecule has 2 aromatic rings. The van der Waals surface area contributed by atoms with Gasteiger partial charge in [-0.2, -0.15) is 4.31 Å². The Hall–Kier alpha value is -2.75. The fraction of sp³-hybridized carbons (Fsp3) is 0.500. The normalized spacial score (nSPS) is 20.3. The minimum Gasteiger partial charge on any atom is -0.356 e. The van der Waals surface area contributed by atoms with Gasteiger partial charge in [0.05, 0.1) is 4.90 Å². The quantitative estimate of drug-likeness (QED) is 0.541. The minimum atomic E-state index is -3.70. The number of benzene rings is 2. The Morgan fingerprint density at radius 3 is 2.51 bits per heavy atom. The summed E-state index contributed by atoms with van der Waals surface area (Å²) in [5, 5.41) is 5.93. The first-order valence-corrected chi connectivity index (χ1v) is 14.8. The van der Waals surface area contributed by atoms with Crippen LogP contribution in [0.5, 0.6) is 0 Å². The number of carbonyl (C=O) groups excluding carboxylic acids is 2. The molecule has 0 aromatic heterocycles. The molecule has 1 unspecified atom stereocenters. The average molecular weight is 527 g/mol. The molecule has 4 rings (SSSR count). The Kier molecular flexibility index (Phi) is 9.71. The molecule has 0 spiro atoms. The lowest BCUT2D eigenvalue weighted by Crippen LogP contribution is -2.36. The summed E-state index contributed by atoms with van der Waals surface area (Å²) in [4.78, 5) is 27.9. The summed E-state index contributed by atoms with van der Waals surface area (Å²) in [5.41, 5.74) is 2.82. The monoisotopic (exact) mass is 526 g/mol. The van der Waals surface area contributed by atoms with Crippen LogP contribution in [0.3, 0.4) is 0 Å². The van der Waals surface area contributed by atoms with Crippen LogP contribution in [0, 0.1) is 5.92 Å². The van der Waals surface area contributed by atoms with E-state index in [-0.39, 0.29) is 42.1 Å². The molecule has 1 saturated heterocycles. The topological polar surface area (TPSA) is 98.8 Å². The molecule has 0 bridgehead atoms. The van der Waals surface area contributed by atoms with Crippen LogP contribution in [0.4, 0.5) is 0 Å². The molecule has 37 heavy (non-hydrogen) atoms. The SMILES string of the molecule is O=C1CCN(S(=O)(=O)c2ccccc2)CCCC(C(=O)NCCCN2CCc3ccccc3C2)CCN1. The Morgan fingerprint density at radius 1 is 0.946 bits per heavy atom. The molecular formula is C28H38N4O4S. The lowest BCUT2D eigenvalue weighted by Gasteiger charge is -2.28. The van der Waals surface area contributed by atoms with E-state index in [0.717, 1.165) is 32.5 Å². The molecule has 1 fully saturated rings. The summed E-state index contributed by atoms with van der Waals surface area (Å²) >= 11 is 0. The maximum absolute atomic E-state index is 13.1. The predicted molar refractivity (Wildman–Crippen MR) is 143 cm³/mol. The van der Waals surface area contributed by atoms with Crippen molar-refractivity contribution in [2.75, 3.05) is 39.3 Å². The highest BCUT2D eigenvalue weighted by atomic mass is 32.2. The zero-order valence-electron chi connectivity index (χ0n) is 21.4. The Balaban J connectivity index is 1.27. The van der Waals surface area contributed by atoms with Crippen molar-refractivity contribution in [1.29, 1.82) is 0 Å². The summed E-state index contributed by atoms with van der Waals surface area (Å²) in [6, 6.07) is 16.9. The van der Waals surface area contributed by atoms with Gasteiger partial charge in [-0.3, -0.25) is 14.5 Å². The van der Waals surface area contributed by atoms with Crippen molar-refractivity contribution in [3.63, 3.8) is 0 Å². The summed E-state index contributed by atoms with van der Waals surface area (Å²) in [7, 11) is -3.70. The molecule has 200 valence electrons. The molecular weight excluding hydrogens is 488 g/mol. The van der Waals surface area contributed by atoms with Gasteiger partial charge in [0.2, 0.25) is 21.8 Å². The Labute approximate surface area is 220 Å². The van der Waals surface area contributed by atoms with Crippen LogP contribution in [-0.4, -0.2) is 68.7 Å². The molecule has 2 aromatic carbocycles. The molecule has 8 nitrogen and oxygen atoms in total. The van der Waals surface area contributed by atoms with E-state index >= 15 is 0 Å². The highest BCUT2D eigenvalue weighted by Crippen LogP contribution is 2.20. The number of hydrogen-bond donors (Lipinski definition) is 2. The van der Waals surface area contributed by atoms with E-state index in [2.05, 4.69) is 39.8 Å². The number of rotatable bonds is 7. The smallest absolute Gasteiger partial charge is 0.243 e. The van der Waals surface area contributed by atoms with Crippen LogP contribution >= 0.6 is 0 Å². The zero-order valence-corrected chi connectivity index (χ0v) is 22.2. The fourth-order valence-corrected chi connectivity index (χ4v) is 6.62. The van der Waals surface area contributed by atoms with Crippen LogP contribution in [-0.2, 0) is 32.6 Å². The number of amides is 2. The van der Waals surface area contributed by atoms with Gasteiger partial charge < -0.3 is 10.6 Å². The lowest BCUT2D eigenvalue weighted by atomic mass is 9.98. The van der Waals surface area contributed by atoms with Crippen molar-refractivity contribution < 1.29 is 18.0 Å². The molecule has 1 atom stereocenters. The second-order valence-electron chi connectivity index (χ2n) is 9.88. The highest BCUT2D eigenvalue weighted by molar-refractivity contribution is 7.89. The van der Waals surface area contributed by atoms with E-state index in [1.807, 2.05) is 0 Å². The number of fused-ring (bicyclic) bond motifs is 1. The van der Waals surface area contributed by atoms with E-state index < -0.39 is 10.0 Å². The Morgan fingerprint density at radius 2 is 1.70 bits per heavy atom. The van der Waals surface area contributed by atoms with Crippen LogP contribution < -0.4 is 10.6 Å². The largest absolute Gasteiger partial charge is 0.356 e. The molecule has 2 N–H and O–H groups in total. The third-order valence-corrected chi connectivity index (χ3v) is 9.19. The number of nitrogens with zero attached hydrogens (tertiary/aromatic N) is 2. The number of sulfonamides is 1. The van der Waals surface area contributed by atoms with Crippen molar-refractivity contribution in [1.82, 2.24) is 19.8 Å². The summed E-state index contributed by atoms with van der Waals surface area (Å²) in [6.07, 6.45) is 3.72. The van der Waals surface area contributed by atoms with Gasteiger partial charge in [-0.1, -0.05) is 42.5 Å². The number of carbonyl (C=O) groups is 2. The van der Waals surface area contributed by atoms with Crippen molar-refractivity contribution in [2.24, 2.45) is 5.92 Å². The molecule has 0 radical (unpaired) electrons. The summed E-state index contributed by atoms with van der Waals surface area (Å²) in [5.74, 6) is -0.478. The molecule has 9 heteroatoms. The minimum absolute atomic E-state index is 0.0186. The first kappa shape index (κ1) is 27.3. The second kappa shape index (κ2) is 13.2. The van der Waals surface area contributed by atoms with Crippen molar-refractivity contribution in [3.05, 3.63) is 65.7 Å². The predicted octanol–water partition coefficient (Wildman–Crippen LogP) is 2.55. The highest BCUT2D eigenvalue weighted by Gasteiger charge is 2.27. The summed E-state index contributed by atoms with van der Waals surface area (Å²) in [6.45, 7) is 4.35. The van der Waals surface area contributed by atoms with E-state index in [0.29, 0.717) is 32.4 Å². The average Bonchev–Trinajstić information content (AvgIpc) is 2.96. The van der Waals surface area contributed by atoms with Gasteiger partial charge in [-0.05, 0) is 55.4 Å². The van der Waals surface area contributed by atoms with Crippen LogP contribution in [0.15, 0.2) is 59.5 Å². The Bertz CT molecular complexity index is 1160. The van der Waals surface area contributed by atoms with Gasteiger partial charge in [-0.25, -0.2) is 8.42 Å². The maximum atomic E-state index is 13.1.